The Bertz CT molecular complexity index is 1180. The number of benzene rings is 1. The predicted molar refractivity (Wildman–Crippen MR) is 129 cm³/mol. The smallest absolute Gasteiger partial charge is 0.234 e. The molecule has 1 fully saturated rings. The zero-order valence-corrected chi connectivity index (χ0v) is 19.6. The van der Waals surface area contributed by atoms with Gasteiger partial charge in [0.2, 0.25) is 11.8 Å². The second-order valence-electron chi connectivity index (χ2n) is 8.30. The van der Waals surface area contributed by atoms with Crippen LogP contribution < -0.4 is 14.5 Å². The van der Waals surface area contributed by atoms with Crippen molar-refractivity contribution in [1.29, 1.82) is 5.26 Å². The number of piperidine rings is 1. The topological polar surface area (TPSA) is 78.2 Å². The molecule has 32 heavy (non-hydrogen) atoms. The third-order valence-electron chi connectivity index (χ3n) is 5.80. The highest BCUT2D eigenvalue weighted by Gasteiger charge is 2.27. The first kappa shape index (κ1) is 22.1. The van der Waals surface area contributed by atoms with Crippen molar-refractivity contribution in [3.8, 4) is 23.1 Å². The van der Waals surface area contributed by atoms with Crippen molar-refractivity contribution in [2.75, 3.05) is 43.6 Å². The van der Waals surface area contributed by atoms with Gasteiger partial charge >= 0.3 is 0 Å². The summed E-state index contributed by atoms with van der Waals surface area (Å²) >= 11 is 6.62. The van der Waals surface area contributed by atoms with Gasteiger partial charge in [0.1, 0.15) is 17.5 Å². The molecule has 0 amide bonds. The Morgan fingerprint density at radius 2 is 1.91 bits per heavy atom. The first-order valence-corrected chi connectivity index (χ1v) is 11.3. The molecule has 0 spiro atoms. The minimum absolute atomic E-state index is 0.263. The molecule has 0 radical (unpaired) electrons. The lowest BCUT2D eigenvalue weighted by molar-refractivity contribution is 0.327. The zero-order valence-electron chi connectivity index (χ0n) is 18.9. The minimum atomic E-state index is 0.263. The van der Waals surface area contributed by atoms with Crippen LogP contribution in [0.25, 0.3) is 22.2 Å². The fraction of sp³-hybridized carbons (Fsp3) is 0.417. The average molecular weight is 451 g/mol. The molecule has 8 heteroatoms. The molecule has 3 heterocycles. The number of halogens is 1. The average Bonchev–Trinajstić information content (AvgIpc) is 2.78. The number of aromatic nitrogens is 3. The van der Waals surface area contributed by atoms with Crippen LogP contribution in [0.3, 0.4) is 0 Å². The summed E-state index contributed by atoms with van der Waals surface area (Å²) in [7, 11) is 3.82. The first-order valence-electron chi connectivity index (χ1n) is 10.9. The fourth-order valence-electron chi connectivity index (χ4n) is 4.04. The summed E-state index contributed by atoms with van der Waals surface area (Å²) < 4.78 is 5.77. The minimum Gasteiger partial charge on any atom is -0.477 e. The highest BCUT2D eigenvalue weighted by Crippen LogP contribution is 2.43. The SMILES string of the molecule is CCOc1nc2nc(N(C)C)nc(N3CCC(C)CC3)c2c(-c2ccccc2Cl)c1C#N. The van der Waals surface area contributed by atoms with E-state index in [0.29, 0.717) is 40.3 Å². The number of pyridine rings is 1. The van der Waals surface area contributed by atoms with Crippen molar-refractivity contribution in [3.05, 3.63) is 34.9 Å². The second-order valence-corrected chi connectivity index (χ2v) is 8.71. The van der Waals surface area contributed by atoms with Gasteiger partial charge in [-0.05, 0) is 31.7 Å². The van der Waals surface area contributed by atoms with Gasteiger partial charge < -0.3 is 14.5 Å². The van der Waals surface area contributed by atoms with E-state index in [2.05, 4.69) is 22.9 Å². The second kappa shape index (κ2) is 9.17. The molecule has 3 aromatic rings. The third-order valence-corrected chi connectivity index (χ3v) is 6.13. The lowest BCUT2D eigenvalue weighted by Gasteiger charge is -2.32. The summed E-state index contributed by atoms with van der Waals surface area (Å²) in [5.41, 5.74) is 2.26. The number of fused-ring (bicyclic) bond motifs is 1. The molecule has 0 saturated carbocycles. The number of hydrogen-bond donors (Lipinski definition) is 0. The Kier molecular flexibility index (Phi) is 6.33. The van der Waals surface area contributed by atoms with Gasteiger partial charge in [-0.15, -0.1) is 0 Å². The van der Waals surface area contributed by atoms with E-state index in [0.717, 1.165) is 42.7 Å². The maximum atomic E-state index is 10.1. The summed E-state index contributed by atoms with van der Waals surface area (Å²) in [6.45, 7) is 6.30. The quantitative estimate of drug-likeness (QED) is 0.546. The van der Waals surface area contributed by atoms with Gasteiger partial charge in [-0.3, -0.25) is 0 Å². The highest BCUT2D eigenvalue weighted by atomic mass is 35.5. The van der Waals surface area contributed by atoms with Crippen LogP contribution in [0.5, 0.6) is 5.88 Å². The predicted octanol–water partition coefficient (Wildman–Crippen LogP) is 4.92. The first-order chi connectivity index (χ1) is 15.4. The molecule has 0 bridgehead atoms. The molecule has 0 unspecified atom stereocenters. The monoisotopic (exact) mass is 450 g/mol. The van der Waals surface area contributed by atoms with E-state index < -0.39 is 0 Å². The van der Waals surface area contributed by atoms with E-state index in [-0.39, 0.29) is 5.88 Å². The number of anilines is 2. The molecule has 1 aliphatic rings. The molecular formula is C24H27ClN6O. The van der Waals surface area contributed by atoms with Crippen molar-refractivity contribution < 1.29 is 4.74 Å². The van der Waals surface area contributed by atoms with Crippen molar-refractivity contribution in [2.24, 2.45) is 5.92 Å². The lowest BCUT2D eigenvalue weighted by Crippen LogP contribution is -2.34. The molecule has 0 atom stereocenters. The number of ether oxygens (including phenoxy) is 1. The largest absolute Gasteiger partial charge is 0.477 e. The van der Waals surface area contributed by atoms with Crippen LogP contribution in [0.4, 0.5) is 11.8 Å². The number of hydrogen-bond acceptors (Lipinski definition) is 7. The normalized spacial score (nSPS) is 14.4. The summed E-state index contributed by atoms with van der Waals surface area (Å²) in [5.74, 6) is 2.29. The van der Waals surface area contributed by atoms with Gasteiger partial charge in [0, 0.05) is 43.3 Å². The van der Waals surface area contributed by atoms with E-state index in [1.165, 1.54) is 0 Å². The zero-order chi connectivity index (χ0) is 22.8. The van der Waals surface area contributed by atoms with Crippen molar-refractivity contribution in [1.82, 2.24) is 15.0 Å². The Labute approximate surface area is 193 Å². The van der Waals surface area contributed by atoms with E-state index in [1.54, 1.807) is 0 Å². The Hall–Kier alpha value is -3.11. The lowest BCUT2D eigenvalue weighted by atomic mass is 9.96. The van der Waals surface area contributed by atoms with Crippen LogP contribution in [0, 0.1) is 17.2 Å². The van der Waals surface area contributed by atoms with Gasteiger partial charge in [-0.2, -0.15) is 20.2 Å². The van der Waals surface area contributed by atoms with Crippen LogP contribution >= 0.6 is 11.6 Å². The summed E-state index contributed by atoms with van der Waals surface area (Å²) in [5, 5.41) is 11.4. The molecule has 2 aromatic heterocycles. The van der Waals surface area contributed by atoms with Crippen molar-refractivity contribution in [2.45, 2.75) is 26.7 Å². The summed E-state index contributed by atoms with van der Waals surface area (Å²) in [6, 6.07) is 9.83. The van der Waals surface area contributed by atoms with Crippen molar-refractivity contribution in [3.63, 3.8) is 0 Å². The number of rotatable bonds is 5. The van der Waals surface area contributed by atoms with Gasteiger partial charge in [-0.25, -0.2) is 0 Å². The molecule has 1 aromatic carbocycles. The van der Waals surface area contributed by atoms with Crippen LogP contribution in [0.1, 0.15) is 32.3 Å². The molecule has 7 nitrogen and oxygen atoms in total. The number of nitrogens with zero attached hydrogens (tertiary/aromatic N) is 6. The van der Waals surface area contributed by atoms with Gasteiger partial charge in [0.05, 0.1) is 12.0 Å². The van der Waals surface area contributed by atoms with E-state index >= 15 is 0 Å². The van der Waals surface area contributed by atoms with E-state index in [9.17, 15) is 5.26 Å². The Balaban J connectivity index is 2.12. The fourth-order valence-corrected chi connectivity index (χ4v) is 4.27. The van der Waals surface area contributed by atoms with Gasteiger partial charge in [0.15, 0.2) is 5.65 Å². The van der Waals surface area contributed by atoms with Crippen LogP contribution in [0.2, 0.25) is 5.02 Å². The standard InChI is InChI=1S/C24H27ClN6O/c1-5-32-23-17(14-26)19(16-8-6-7-9-18(16)25)20-21(27-23)28-24(30(3)4)29-22(20)31-12-10-15(2)11-13-31/h6-9,15H,5,10-13H2,1-4H3. The molecular weight excluding hydrogens is 424 g/mol. The van der Waals surface area contributed by atoms with Crippen LogP contribution in [-0.2, 0) is 0 Å². The molecule has 1 aliphatic heterocycles. The van der Waals surface area contributed by atoms with E-state index in [1.807, 2.05) is 50.2 Å². The van der Waals surface area contributed by atoms with Crippen LogP contribution in [0.15, 0.2) is 24.3 Å². The molecule has 4 rings (SSSR count). The molecule has 0 aliphatic carbocycles. The van der Waals surface area contributed by atoms with Gasteiger partial charge in [0.25, 0.3) is 0 Å². The maximum Gasteiger partial charge on any atom is 0.234 e. The molecule has 0 N–H and O–H groups in total. The summed E-state index contributed by atoms with van der Waals surface area (Å²) in [6.07, 6.45) is 2.17. The third kappa shape index (κ3) is 4.03. The summed E-state index contributed by atoms with van der Waals surface area (Å²) in [4.78, 5) is 18.5. The maximum absolute atomic E-state index is 10.1. The Morgan fingerprint density at radius 3 is 2.53 bits per heavy atom. The van der Waals surface area contributed by atoms with Gasteiger partial charge in [-0.1, -0.05) is 36.7 Å². The highest BCUT2D eigenvalue weighted by molar-refractivity contribution is 6.34. The van der Waals surface area contributed by atoms with Crippen LogP contribution in [-0.4, -0.2) is 48.7 Å². The molecule has 1 saturated heterocycles. The number of nitriles is 1. The molecule has 166 valence electrons. The van der Waals surface area contributed by atoms with E-state index in [4.69, 9.17) is 26.3 Å². The van der Waals surface area contributed by atoms with Crippen molar-refractivity contribution >= 4 is 34.4 Å². The Morgan fingerprint density at radius 1 is 1.19 bits per heavy atom.